The van der Waals surface area contributed by atoms with Gasteiger partial charge in [-0.1, -0.05) is 0 Å². The monoisotopic (exact) mass is 171 g/mol. The first kappa shape index (κ1) is 8.97. The first-order valence-electron chi connectivity index (χ1n) is 3.60. The minimum Gasteiger partial charge on any atom is -0.493 e. The standard InChI is InChI=1S/C9H9F2O/c1-2-3-12-9-5-7(10)4-8(11)6-9/h4-6H,1-3H2. The smallest absolute Gasteiger partial charge is 0.129 e. The number of hydrogen-bond acceptors (Lipinski definition) is 1. The summed E-state index contributed by atoms with van der Waals surface area (Å²) in [6.07, 6.45) is 0.568. The van der Waals surface area contributed by atoms with Crippen LogP contribution in [0.15, 0.2) is 18.2 Å². The number of ether oxygens (including phenoxy) is 1. The molecule has 12 heavy (non-hydrogen) atoms. The Labute approximate surface area is 70.0 Å². The molecular formula is C9H9F2O. The quantitative estimate of drug-likeness (QED) is 0.679. The normalized spacial score (nSPS) is 9.92. The predicted molar refractivity (Wildman–Crippen MR) is 41.8 cm³/mol. The second kappa shape index (κ2) is 4.04. The van der Waals surface area contributed by atoms with Crippen molar-refractivity contribution in [3.8, 4) is 5.75 Å². The van der Waals surface area contributed by atoms with Crippen LogP contribution in [0.4, 0.5) is 8.78 Å². The summed E-state index contributed by atoms with van der Waals surface area (Å²) in [5.41, 5.74) is 0. The van der Waals surface area contributed by atoms with E-state index < -0.39 is 11.6 Å². The fraction of sp³-hybridized carbons (Fsp3) is 0.222. The van der Waals surface area contributed by atoms with Crippen molar-refractivity contribution < 1.29 is 13.5 Å². The summed E-state index contributed by atoms with van der Waals surface area (Å²) in [4.78, 5) is 0. The molecule has 0 spiro atoms. The lowest BCUT2D eigenvalue weighted by molar-refractivity contribution is 0.320. The van der Waals surface area contributed by atoms with Gasteiger partial charge in [0.1, 0.15) is 17.4 Å². The molecule has 0 amide bonds. The molecule has 1 radical (unpaired) electrons. The molecule has 0 aromatic heterocycles. The maximum Gasteiger partial charge on any atom is 0.129 e. The van der Waals surface area contributed by atoms with E-state index in [4.69, 9.17) is 4.74 Å². The van der Waals surface area contributed by atoms with Crippen LogP contribution in [0.2, 0.25) is 0 Å². The van der Waals surface area contributed by atoms with E-state index in [0.29, 0.717) is 13.0 Å². The zero-order valence-electron chi connectivity index (χ0n) is 6.52. The molecule has 0 saturated heterocycles. The molecule has 1 aromatic rings. The Morgan fingerprint density at radius 2 is 1.75 bits per heavy atom. The minimum atomic E-state index is -0.630. The third kappa shape index (κ3) is 2.49. The van der Waals surface area contributed by atoms with Gasteiger partial charge in [0, 0.05) is 18.2 Å². The Balaban J connectivity index is 2.72. The van der Waals surface area contributed by atoms with Gasteiger partial charge in [-0.05, 0) is 13.3 Å². The van der Waals surface area contributed by atoms with E-state index in [1.165, 1.54) is 0 Å². The molecule has 1 aromatic carbocycles. The van der Waals surface area contributed by atoms with Gasteiger partial charge in [0.05, 0.1) is 6.61 Å². The second-order valence-corrected chi connectivity index (χ2v) is 2.31. The maximum atomic E-state index is 12.5. The highest BCUT2D eigenvalue weighted by atomic mass is 19.1. The molecule has 0 aliphatic heterocycles. The van der Waals surface area contributed by atoms with E-state index in [1.54, 1.807) is 0 Å². The summed E-state index contributed by atoms with van der Waals surface area (Å²) in [5, 5.41) is 0. The van der Waals surface area contributed by atoms with Gasteiger partial charge in [-0.2, -0.15) is 0 Å². The summed E-state index contributed by atoms with van der Waals surface area (Å²) in [7, 11) is 0. The number of benzene rings is 1. The molecule has 0 aliphatic carbocycles. The molecule has 0 fully saturated rings. The van der Waals surface area contributed by atoms with Crippen LogP contribution in [0.1, 0.15) is 6.42 Å². The average molecular weight is 171 g/mol. The molecule has 0 bridgehead atoms. The van der Waals surface area contributed by atoms with Crippen molar-refractivity contribution >= 4 is 0 Å². The topological polar surface area (TPSA) is 9.23 Å². The van der Waals surface area contributed by atoms with Crippen molar-refractivity contribution in [1.82, 2.24) is 0 Å². The molecule has 0 N–H and O–H groups in total. The van der Waals surface area contributed by atoms with Crippen molar-refractivity contribution in [3.05, 3.63) is 36.8 Å². The van der Waals surface area contributed by atoms with Crippen molar-refractivity contribution in [3.63, 3.8) is 0 Å². The van der Waals surface area contributed by atoms with Crippen LogP contribution in [0.25, 0.3) is 0 Å². The molecular weight excluding hydrogens is 162 g/mol. The lowest BCUT2D eigenvalue weighted by Gasteiger charge is -2.03. The largest absolute Gasteiger partial charge is 0.493 e. The van der Waals surface area contributed by atoms with Gasteiger partial charge in [0.15, 0.2) is 0 Å². The van der Waals surface area contributed by atoms with E-state index in [9.17, 15) is 8.78 Å². The van der Waals surface area contributed by atoms with E-state index in [0.717, 1.165) is 18.2 Å². The van der Waals surface area contributed by atoms with Gasteiger partial charge in [0.2, 0.25) is 0 Å². The second-order valence-electron chi connectivity index (χ2n) is 2.31. The van der Waals surface area contributed by atoms with Gasteiger partial charge < -0.3 is 4.74 Å². The Hall–Kier alpha value is -1.12. The van der Waals surface area contributed by atoms with Crippen LogP contribution >= 0.6 is 0 Å². The van der Waals surface area contributed by atoms with Gasteiger partial charge in [-0.15, -0.1) is 0 Å². The zero-order valence-corrected chi connectivity index (χ0v) is 6.52. The van der Waals surface area contributed by atoms with Gasteiger partial charge in [-0.25, -0.2) is 8.78 Å². The predicted octanol–water partition coefficient (Wildman–Crippen LogP) is 2.57. The van der Waals surface area contributed by atoms with E-state index >= 15 is 0 Å². The highest BCUT2D eigenvalue weighted by Gasteiger charge is 1.99. The molecule has 0 atom stereocenters. The minimum absolute atomic E-state index is 0.205. The molecule has 0 unspecified atom stereocenters. The SMILES string of the molecule is [CH2]CCOc1cc(F)cc(F)c1. The Kier molecular flexibility index (Phi) is 3.02. The van der Waals surface area contributed by atoms with Crippen LogP contribution in [0.3, 0.4) is 0 Å². The Morgan fingerprint density at radius 1 is 1.17 bits per heavy atom. The lowest BCUT2D eigenvalue weighted by atomic mass is 10.3. The van der Waals surface area contributed by atoms with Crippen LogP contribution in [0.5, 0.6) is 5.75 Å². The summed E-state index contributed by atoms with van der Waals surface area (Å²) < 4.78 is 30.0. The fourth-order valence-electron chi connectivity index (χ4n) is 0.802. The van der Waals surface area contributed by atoms with Crippen LogP contribution < -0.4 is 4.74 Å². The first-order valence-corrected chi connectivity index (χ1v) is 3.60. The molecule has 0 aliphatic rings. The zero-order chi connectivity index (χ0) is 8.97. The number of rotatable bonds is 3. The first-order chi connectivity index (χ1) is 5.72. The molecule has 3 heteroatoms. The number of halogens is 2. The summed E-state index contributed by atoms with van der Waals surface area (Å²) in [6.45, 7) is 3.90. The Bertz CT molecular complexity index is 240. The third-order valence-electron chi connectivity index (χ3n) is 1.25. The van der Waals surface area contributed by atoms with Crippen LogP contribution in [-0.4, -0.2) is 6.61 Å². The fourth-order valence-corrected chi connectivity index (χ4v) is 0.802. The van der Waals surface area contributed by atoms with Gasteiger partial charge >= 0.3 is 0 Å². The van der Waals surface area contributed by atoms with Crippen molar-refractivity contribution in [2.75, 3.05) is 6.61 Å². The van der Waals surface area contributed by atoms with Crippen LogP contribution in [-0.2, 0) is 0 Å². The molecule has 65 valence electrons. The molecule has 0 saturated carbocycles. The van der Waals surface area contributed by atoms with Crippen molar-refractivity contribution in [1.29, 1.82) is 0 Å². The lowest BCUT2D eigenvalue weighted by Crippen LogP contribution is -1.96. The van der Waals surface area contributed by atoms with E-state index in [1.807, 2.05) is 0 Å². The highest BCUT2D eigenvalue weighted by molar-refractivity contribution is 5.23. The molecule has 1 nitrogen and oxygen atoms in total. The average Bonchev–Trinajstić information content (AvgIpc) is 1.99. The van der Waals surface area contributed by atoms with E-state index in [-0.39, 0.29) is 5.75 Å². The molecule has 1 rings (SSSR count). The molecule has 0 heterocycles. The summed E-state index contributed by atoms with van der Waals surface area (Å²) in [5.74, 6) is -1.06. The van der Waals surface area contributed by atoms with Crippen molar-refractivity contribution in [2.24, 2.45) is 0 Å². The van der Waals surface area contributed by atoms with Crippen LogP contribution in [0, 0.1) is 18.6 Å². The van der Waals surface area contributed by atoms with E-state index in [2.05, 4.69) is 6.92 Å². The van der Waals surface area contributed by atoms with Crippen molar-refractivity contribution in [2.45, 2.75) is 6.42 Å². The Morgan fingerprint density at radius 3 is 2.25 bits per heavy atom. The summed E-state index contributed by atoms with van der Waals surface area (Å²) >= 11 is 0. The maximum absolute atomic E-state index is 12.5. The van der Waals surface area contributed by atoms with Gasteiger partial charge in [-0.3, -0.25) is 0 Å². The highest BCUT2D eigenvalue weighted by Crippen LogP contribution is 2.15. The summed E-state index contributed by atoms with van der Waals surface area (Å²) in [6, 6.07) is 3.08. The van der Waals surface area contributed by atoms with Gasteiger partial charge in [0.25, 0.3) is 0 Å². The number of hydrogen-bond donors (Lipinski definition) is 0. The third-order valence-corrected chi connectivity index (χ3v) is 1.25.